The first-order valence-electron chi connectivity index (χ1n) is 7.55. The molecular formula is C15H18N6O. The molecule has 0 aliphatic carbocycles. The van der Waals surface area contributed by atoms with Crippen molar-refractivity contribution < 1.29 is 4.79 Å². The maximum absolute atomic E-state index is 12.7. The predicted molar refractivity (Wildman–Crippen MR) is 81.9 cm³/mol. The maximum atomic E-state index is 12.7. The van der Waals surface area contributed by atoms with E-state index in [2.05, 4.69) is 20.3 Å². The van der Waals surface area contributed by atoms with E-state index in [-0.39, 0.29) is 11.9 Å². The minimum Gasteiger partial charge on any atom is -0.313 e. The van der Waals surface area contributed by atoms with Crippen LogP contribution in [-0.2, 0) is 4.79 Å². The highest BCUT2D eigenvalue weighted by Crippen LogP contribution is 2.20. The van der Waals surface area contributed by atoms with Crippen LogP contribution in [-0.4, -0.2) is 64.3 Å². The largest absolute Gasteiger partial charge is 0.313 e. The van der Waals surface area contributed by atoms with Crippen molar-refractivity contribution in [1.82, 2.24) is 25.0 Å². The molecule has 114 valence electrons. The Bertz CT molecular complexity index is 653. The van der Waals surface area contributed by atoms with Crippen LogP contribution in [0.1, 0.15) is 0 Å². The first-order chi connectivity index (χ1) is 10.8. The third-order valence-corrected chi connectivity index (χ3v) is 4.29. The Morgan fingerprint density at radius 2 is 2.18 bits per heavy atom. The summed E-state index contributed by atoms with van der Waals surface area (Å²) in [5.41, 5.74) is 0.888. The average molecular weight is 298 g/mol. The standard InChI is InChI=1S/C15H18N6O/c22-15-13-11-16-5-7-19(13)8-9-20(15)14-3-2-12(10-17-14)21-6-1-4-18-21/h1-4,6,10,13,16H,5,7-9,11H2/t13-/m1/s1. The molecule has 0 aromatic carbocycles. The van der Waals surface area contributed by atoms with Gasteiger partial charge in [-0.1, -0.05) is 0 Å². The van der Waals surface area contributed by atoms with Gasteiger partial charge in [-0.2, -0.15) is 5.10 Å². The number of carbonyl (C=O) groups is 1. The number of nitrogens with one attached hydrogen (secondary N) is 1. The molecule has 2 aliphatic heterocycles. The quantitative estimate of drug-likeness (QED) is 0.838. The molecule has 4 rings (SSSR count). The summed E-state index contributed by atoms with van der Waals surface area (Å²) in [7, 11) is 0. The fourth-order valence-corrected chi connectivity index (χ4v) is 3.10. The van der Waals surface area contributed by atoms with Crippen LogP contribution in [0.4, 0.5) is 5.82 Å². The Balaban J connectivity index is 1.55. The van der Waals surface area contributed by atoms with E-state index in [9.17, 15) is 4.79 Å². The van der Waals surface area contributed by atoms with Gasteiger partial charge in [0.1, 0.15) is 11.9 Å². The fraction of sp³-hybridized carbons (Fsp3) is 0.400. The Hall–Kier alpha value is -2.25. The molecule has 0 saturated carbocycles. The second kappa shape index (κ2) is 5.51. The molecule has 2 aliphatic rings. The number of anilines is 1. The predicted octanol–water partition coefficient (Wildman–Crippen LogP) is -0.112. The molecule has 1 atom stereocenters. The lowest BCUT2D eigenvalue weighted by Gasteiger charge is -2.42. The van der Waals surface area contributed by atoms with E-state index in [1.165, 1.54) is 0 Å². The van der Waals surface area contributed by atoms with E-state index < -0.39 is 0 Å². The van der Waals surface area contributed by atoms with Gasteiger partial charge >= 0.3 is 0 Å². The summed E-state index contributed by atoms with van der Waals surface area (Å²) in [5, 5.41) is 7.47. The van der Waals surface area contributed by atoms with Crippen LogP contribution in [0.2, 0.25) is 0 Å². The summed E-state index contributed by atoms with van der Waals surface area (Å²) in [6.07, 6.45) is 5.35. The lowest BCUT2D eigenvalue weighted by molar-refractivity contribution is -0.126. The van der Waals surface area contributed by atoms with Crippen LogP contribution >= 0.6 is 0 Å². The van der Waals surface area contributed by atoms with Gasteiger partial charge in [-0.05, 0) is 18.2 Å². The first-order valence-corrected chi connectivity index (χ1v) is 7.55. The SMILES string of the molecule is O=C1[C@H]2CNCCN2CCN1c1ccc(-n2cccn2)cn1. The van der Waals surface area contributed by atoms with Gasteiger partial charge in [0.2, 0.25) is 5.91 Å². The van der Waals surface area contributed by atoms with Gasteiger partial charge in [-0.3, -0.25) is 14.6 Å². The number of nitrogens with zero attached hydrogens (tertiary/aromatic N) is 5. The molecule has 0 unspecified atom stereocenters. The van der Waals surface area contributed by atoms with Crippen molar-refractivity contribution in [3.8, 4) is 5.69 Å². The van der Waals surface area contributed by atoms with E-state index >= 15 is 0 Å². The monoisotopic (exact) mass is 298 g/mol. The molecule has 2 aromatic rings. The summed E-state index contributed by atoms with van der Waals surface area (Å²) >= 11 is 0. The van der Waals surface area contributed by atoms with Crippen molar-refractivity contribution in [2.45, 2.75) is 6.04 Å². The number of pyridine rings is 1. The minimum atomic E-state index is -0.0601. The zero-order valence-corrected chi connectivity index (χ0v) is 12.2. The molecule has 0 bridgehead atoms. The number of amides is 1. The smallest absolute Gasteiger partial charge is 0.246 e. The molecule has 22 heavy (non-hydrogen) atoms. The van der Waals surface area contributed by atoms with Gasteiger partial charge in [-0.25, -0.2) is 9.67 Å². The normalized spacial score (nSPS) is 22.6. The van der Waals surface area contributed by atoms with Gasteiger partial charge in [0.25, 0.3) is 0 Å². The molecule has 1 amide bonds. The third-order valence-electron chi connectivity index (χ3n) is 4.29. The number of carbonyl (C=O) groups excluding carboxylic acids is 1. The van der Waals surface area contributed by atoms with Crippen molar-refractivity contribution in [2.75, 3.05) is 37.6 Å². The molecule has 2 fully saturated rings. The van der Waals surface area contributed by atoms with Crippen molar-refractivity contribution in [3.63, 3.8) is 0 Å². The first kappa shape index (κ1) is 13.4. The summed E-state index contributed by atoms with van der Waals surface area (Å²) in [6, 6.07) is 5.64. The highest BCUT2D eigenvalue weighted by molar-refractivity contribution is 5.97. The van der Waals surface area contributed by atoms with Crippen LogP contribution in [0.3, 0.4) is 0 Å². The van der Waals surface area contributed by atoms with E-state index in [0.717, 1.165) is 31.9 Å². The molecular weight excluding hydrogens is 280 g/mol. The average Bonchev–Trinajstić information content (AvgIpc) is 3.10. The molecule has 0 radical (unpaired) electrons. The van der Waals surface area contributed by atoms with Gasteiger partial charge in [-0.15, -0.1) is 0 Å². The molecule has 0 spiro atoms. The van der Waals surface area contributed by atoms with E-state index in [1.54, 1.807) is 22.0 Å². The number of hydrogen-bond acceptors (Lipinski definition) is 5. The number of aromatic nitrogens is 3. The van der Waals surface area contributed by atoms with Crippen molar-refractivity contribution in [2.24, 2.45) is 0 Å². The second-order valence-electron chi connectivity index (χ2n) is 5.57. The van der Waals surface area contributed by atoms with Crippen LogP contribution in [0.25, 0.3) is 5.69 Å². The molecule has 7 nitrogen and oxygen atoms in total. The van der Waals surface area contributed by atoms with Crippen LogP contribution in [0.15, 0.2) is 36.8 Å². The van der Waals surface area contributed by atoms with E-state index in [0.29, 0.717) is 12.4 Å². The van der Waals surface area contributed by atoms with Crippen molar-refractivity contribution >= 4 is 11.7 Å². The van der Waals surface area contributed by atoms with Crippen molar-refractivity contribution in [3.05, 3.63) is 36.8 Å². The molecule has 4 heterocycles. The molecule has 1 N–H and O–H groups in total. The lowest BCUT2D eigenvalue weighted by Crippen LogP contribution is -2.64. The molecule has 2 aromatic heterocycles. The Labute approximate surface area is 128 Å². The van der Waals surface area contributed by atoms with Gasteiger partial charge in [0.05, 0.1) is 11.9 Å². The van der Waals surface area contributed by atoms with Crippen molar-refractivity contribution in [1.29, 1.82) is 0 Å². The highest BCUT2D eigenvalue weighted by atomic mass is 16.2. The summed E-state index contributed by atoms with van der Waals surface area (Å²) in [4.78, 5) is 21.2. The number of fused-ring (bicyclic) bond motifs is 1. The Morgan fingerprint density at radius 1 is 1.23 bits per heavy atom. The zero-order chi connectivity index (χ0) is 14.9. The number of rotatable bonds is 2. The minimum absolute atomic E-state index is 0.0601. The van der Waals surface area contributed by atoms with Crippen LogP contribution < -0.4 is 10.2 Å². The topological polar surface area (TPSA) is 66.3 Å². The molecule has 7 heteroatoms. The van der Waals surface area contributed by atoms with Gasteiger partial charge in [0, 0.05) is 45.1 Å². The molecule has 2 saturated heterocycles. The van der Waals surface area contributed by atoms with Gasteiger partial charge in [0.15, 0.2) is 0 Å². The summed E-state index contributed by atoms with van der Waals surface area (Å²) in [6.45, 7) is 4.22. The Morgan fingerprint density at radius 3 is 2.95 bits per heavy atom. The second-order valence-corrected chi connectivity index (χ2v) is 5.57. The highest BCUT2D eigenvalue weighted by Gasteiger charge is 2.37. The summed E-state index contributed by atoms with van der Waals surface area (Å²) < 4.78 is 1.75. The third kappa shape index (κ3) is 2.28. The van der Waals surface area contributed by atoms with E-state index in [1.807, 2.05) is 24.4 Å². The lowest BCUT2D eigenvalue weighted by atomic mass is 10.1. The van der Waals surface area contributed by atoms with Gasteiger partial charge < -0.3 is 5.32 Å². The zero-order valence-electron chi connectivity index (χ0n) is 12.2. The number of piperazine rings is 2. The maximum Gasteiger partial charge on any atom is 0.246 e. The van der Waals surface area contributed by atoms with E-state index in [4.69, 9.17) is 0 Å². The summed E-state index contributed by atoms with van der Waals surface area (Å²) in [5.74, 6) is 0.851. The fourth-order valence-electron chi connectivity index (χ4n) is 3.10. The van der Waals surface area contributed by atoms with Crippen LogP contribution in [0, 0.1) is 0 Å². The Kier molecular flexibility index (Phi) is 3.36. The number of hydrogen-bond donors (Lipinski definition) is 1. The van der Waals surface area contributed by atoms with Crippen LogP contribution in [0.5, 0.6) is 0 Å².